The van der Waals surface area contributed by atoms with Crippen molar-refractivity contribution in [2.24, 2.45) is 17.8 Å². The van der Waals surface area contributed by atoms with Gasteiger partial charge < -0.3 is 10.6 Å². The van der Waals surface area contributed by atoms with Gasteiger partial charge in [0, 0.05) is 50.4 Å². The van der Waals surface area contributed by atoms with Gasteiger partial charge in [0.1, 0.15) is 0 Å². The van der Waals surface area contributed by atoms with E-state index in [2.05, 4.69) is 22.1 Å². The minimum Gasteiger partial charge on any atom is -0.342 e. The molecule has 1 saturated heterocycles. The van der Waals surface area contributed by atoms with E-state index >= 15 is 0 Å². The molecule has 8 nitrogen and oxygen atoms in total. The van der Waals surface area contributed by atoms with E-state index in [0.717, 1.165) is 65.6 Å². The van der Waals surface area contributed by atoms with Gasteiger partial charge in [0.05, 0.1) is 22.8 Å². The zero-order valence-corrected chi connectivity index (χ0v) is 19.8. The molecule has 0 spiro atoms. The van der Waals surface area contributed by atoms with Crippen molar-refractivity contribution in [2.75, 3.05) is 20.1 Å². The maximum atomic E-state index is 11.8. The maximum Gasteiger partial charge on any atom is 0.216 e. The summed E-state index contributed by atoms with van der Waals surface area (Å²) in [6, 6.07) is 15.8. The van der Waals surface area contributed by atoms with Crippen LogP contribution in [0.25, 0.3) is 22.2 Å². The Morgan fingerprint density at radius 3 is 2.53 bits per heavy atom. The topological polar surface area (TPSA) is 104 Å². The molecule has 1 aromatic heterocycles. The van der Waals surface area contributed by atoms with Crippen LogP contribution in [0.2, 0.25) is 0 Å². The van der Waals surface area contributed by atoms with Crippen molar-refractivity contribution in [2.45, 2.75) is 25.8 Å². The third-order valence-electron chi connectivity index (χ3n) is 6.20. The van der Waals surface area contributed by atoms with Gasteiger partial charge in [-0.15, -0.1) is 0 Å². The number of hydrogen-bond donors (Lipinski definition) is 1. The van der Waals surface area contributed by atoms with Crippen molar-refractivity contribution in [1.29, 1.82) is 5.26 Å². The van der Waals surface area contributed by atoms with Gasteiger partial charge in [-0.3, -0.25) is 14.4 Å². The Kier molecular flexibility index (Phi) is 6.75. The summed E-state index contributed by atoms with van der Waals surface area (Å²) >= 11 is 0. The third kappa shape index (κ3) is 4.85. The number of nitrogens with zero attached hydrogens (tertiary/aromatic N) is 6. The molecule has 174 valence electrons. The second-order valence-corrected chi connectivity index (χ2v) is 8.69. The monoisotopic (exact) mass is 455 g/mol. The van der Waals surface area contributed by atoms with E-state index in [4.69, 9.17) is 10.7 Å². The molecular formula is C26H29N7O. The van der Waals surface area contributed by atoms with Gasteiger partial charge >= 0.3 is 0 Å². The minimum atomic E-state index is 0.167. The predicted molar refractivity (Wildman–Crippen MR) is 134 cm³/mol. The molecule has 0 radical (unpaired) electrons. The van der Waals surface area contributed by atoms with Gasteiger partial charge in [-0.05, 0) is 55.2 Å². The highest BCUT2D eigenvalue weighted by Crippen LogP contribution is 2.30. The Morgan fingerprint density at radius 1 is 1.21 bits per heavy atom. The first kappa shape index (κ1) is 23.2. The van der Waals surface area contributed by atoms with Gasteiger partial charge in [-0.2, -0.15) is 10.4 Å². The van der Waals surface area contributed by atoms with Crippen LogP contribution in [0.1, 0.15) is 36.5 Å². The number of nitriles is 1. The molecule has 0 atom stereocenters. The number of aliphatic imine (C=N–C) groups is 1. The molecular weight excluding hydrogens is 426 g/mol. The van der Waals surface area contributed by atoms with Crippen LogP contribution in [0.3, 0.4) is 0 Å². The average molecular weight is 456 g/mol. The van der Waals surface area contributed by atoms with Crippen molar-refractivity contribution in [1.82, 2.24) is 19.6 Å². The molecule has 0 unspecified atom stereocenters. The first-order chi connectivity index (χ1) is 16.4. The molecule has 1 fully saturated rings. The molecule has 1 amide bonds. The predicted octanol–water partition coefficient (Wildman–Crippen LogP) is 3.20. The van der Waals surface area contributed by atoms with Gasteiger partial charge in [-0.25, -0.2) is 4.99 Å². The highest BCUT2D eigenvalue weighted by atomic mass is 16.1. The van der Waals surface area contributed by atoms with Crippen LogP contribution < -0.4 is 5.73 Å². The number of amides is 1. The number of aryl methyl sites for hydroxylation is 1. The second kappa shape index (κ2) is 9.89. The van der Waals surface area contributed by atoms with Crippen LogP contribution in [-0.2, 0) is 11.8 Å². The molecule has 2 heterocycles. The van der Waals surface area contributed by atoms with E-state index in [1.165, 1.54) is 4.90 Å². The zero-order valence-electron chi connectivity index (χ0n) is 19.8. The lowest BCUT2D eigenvalue weighted by atomic mass is 9.99. The fraction of sp³-hybridized carbons (Fsp3) is 0.308. The fourth-order valence-corrected chi connectivity index (χ4v) is 4.21. The Morgan fingerprint density at radius 2 is 1.88 bits per heavy atom. The van der Waals surface area contributed by atoms with E-state index in [9.17, 15) is 10.1 Å². The smallest absolute Gasteiger partial charge is 0.216 e. The molecule has 8 heteroatoms. The number of carbonyl (C=O) groups is 1. The number of fused-ring (bicyclic) bond motifs is 1. The van der Waals surface area contributed by atoms with Crippen LogP contribution >= 0.6 is 0 Å². The Hall–Kier alpha value is -3.96. The zero-order chi connectivity index (χ0) is 24.2. The number of piperidine rings is 1. The summed E-state index contributed by atoms with van der Waals surface area (Å²) in [7, 11) is 3.62. The number of likely N-dealkylation sites (tertiary alicyclic amines) is 1. The standard InChI is InChI=1S/C26H29N7O/c1-18(21-8-9-24-22(14-21)16-32(3)30-24)25(20-6-4-19(15-27)5-7-20)29-26(31(2)17-34)33-12-10-23(28)11-13-33/h4-9,14,16-17,23H,10-13,28H2,1-3H3/b25-18+,29-26+. The normalized spacial score (nSPS) is 15.7. The van der Waals surface area contributed by atoms with Gasteiger partial charge in [0.15, 0.2) is 0 Å². The van der Waals surface area contributed by atoms with Crippen LogP contribution in [0, 0.1) is 11.3 Å². The van der Waals surface area contributed by atoms with Crippen LogP contribution in [0.15, 0.2) is 53.7 Å². The Balaban J connectivity index is 1.87. The van der Waals surface area contributed by atoms with E-state index < -0.39 is 0 Å². The summed E-state index contributed by atoms with van der Waals surface area (Å²) in [5.41, 5.74) is 11.2. The lowest BCUT2D eigenvalue weighted by molar-refractivity contribution is -0.114. The van der Waals surface area contributed by atoms with E-state index in [1.807, 2.05) is 44.4 Å². The molecule has 0 aliphatic carbocycles. The summed E-state index contributed by atoms with van der Waals surface area (Å²) in [6.45, 7) is 3.50. The molecule has 0 saturated carbocycles. The first-order valence-corrected chi connectivity index (χ1v) is 11.3. The largest absolute Gasteiger partial charge is 0.342 e. The number of carbonyl (C=O) groups excluding carboxylic acids is 1. The van der Waals surface area contributed by atoms with Gasteiger partial charge in [0.2, 0.25) is 12.4 Å². The number of hydrogen-bond acceptors (Lipinski definition) is 5. The van der Waals surface area contributed by atoms with Crippen LogP contribution in [-0.4, -0.2) is 58.1 Å². The second-order valence-electron chi connectivity index (χ2n) is 8.69. The molecule has 4 rings (SSSR count). The molecule has 0 bridgehead atoms. The van der Waals surface area contributed by atoms with Crippen LogP contribution in [0.4, 0.5) is 0 Å². The molecule has 3 aromatic rings. The Labute approximate surface area is 199 Å². The first-order valence-electron chi connectivity index (χ1n) is 11.3. The van der Waals surface area contributed by atoms with E-state index in [-0.39, 0.29) is 6.04 Å². The summed E-state index contributed by atoms with van der Waals surface area (Å²) < 4.78 is 1.80. The minimum absolute atomic E-state index is 0.167. The summed E-state index contributed by atoms with van der Waals surface area (Å²) in [4.78, 5) is 20.5. The third-order valence-corrected chi connectivity index (χ3v) is 6.20. The highest BCUT2D eigenvalue weighted by molar-refractivity contribution is 5.99. The number of benzene rings is 2. The SMILES string of the molecule is C/C(=C(\N=C(/N(C)C=O)N1CCC(N)CC1)c1ccc(C#N)cc1)c1ccc2nn(C)cc2c1. The van der Waals surface area contributed by atoms with E-state index in [0.29, 0.717) is 11.5 Å². The molecule has 1 aliphatic rings. The fourth-order valence-electron chi connectivity index (χ4n) is 4.21. The number of rotatable bonds is 4. The summed E-state index contributed by atoms with van der Waals surface area (Å²) in [6.07, 6.45) is 4.46. The lowest BCUT2D eigenvalue weighted by Gasteiger charge is -2.34. The molecule has 1 aliphatic heterocycles. The summed E-state index contributed by atoms with van der Waals surface area (Å²) in [5.74, 6) is 0.586. The lowest BCUT2D eigenvalue weighted by Crippen LogP contribution is -2.48. The number of aromatic nitrogens is 2. The van der Waals surface area contributed by atoms with Crippen molar-refractivity contribution in [3.05, 3.63) is 65.4 Å². The van der Waals surface area contributed by atoms with Gasteiger partial charge in [0.25, 0.3) is 0 Å². The van der Waals surface area contributed by atoms with Crippen molar-refractivity contribution >= 4 is 34.5 Å². The highest BCUT2D eigenvalue weighted by Gasteiger charge is 2.23. The molecule has 2 N–H and O–H groups in total. The molecule has 2 aromatic carbocycles. The van der Waals surface area contributed by atoms with Crippen molar-refractivity contribution in [3.8, 4) is 6.07 Å². The quantitative estimate of drug-likeness (QED) is 0.282. The van der Waals surface area contributed by atoms with Crippen molar-refractivity contribution < 1.29 is 4.79 Å². The van der Waals surface area contributed by atoms with E-state index in [1.54, 1.807) is 23.9 Å². The van der Waals surface area contributed by atoms with Gasteiger partial charge in [-0.1, -0.05) is 18.2 Å². The number of nitrogens with two attached hydrogens (primary N) is 1. The Bertz CT molecular complexity index is 1290. The maximum absolute atomic E-state index is 11.8. The van der Waals surface area contributed by atoms with Crippen molar-refractivity contribution in [3.63, 3.8) is 0 Å². The molecule has 34 heavy (non-hydrogen) atoms. The number of guanidine groups is 1. The van der Waals surface area contributed by atoms with Crippen LogP contribution in [0.5, 0.6) is 0 Å². The average Bonchev–Trinajstić information content (AvgIpc) is 3.24. The number of allylic oxidation sites excluding steroid dienone is 1. The summed E-state index contributed by atoms with van der Waals surface area (Å²) in [5, 5.41) is 14.7.